The van der Waals surface area contributed by atoms with Gasteiger partial charge in [0.25, 0.3) is 0 Å². The molecule has 110 valence electrons. The number of nitrogens with one attached hydrogen (secondary N) is 1. The van der Waals surface area contributed by atoms with Gasteiger partial charge < -0.3 is 15.3 Å². The van der Waals surface area contributed by atoms with Gasteiger partial charge in [0, 0.05) is 12.1 Å². The fraction of sp³-hybridized carbons (Fsp3) is 0.857. The predicted molar refractivity (Wildman–Crippen MR) is 74.0 cm³/mol. The van der Waals surface area contributed by atoms with E-state index in [4.69, 9.17) is 0 Å². The van der Waals surface area contributed by atoms with Crippen molar-refractivity contribution >= 4 is 12.0 Å². The quantitative estimate of drug-likeness (QED) is 0.806. The number of nitrogens with zero attached hydrogens (tertiary/aromatic N) is 1. The van der Waals surface area contributed by atoms with Crippen LogP contribution in [0.5, 0.6) is 0 Å². The molecular weight excluding hydrogens is 244 g/mol. The predicted octanol–water partition coefficient (Wildman–Crippen LogP) is 2.46. The van der Waals surface area contributed by atoms with Gasteiger partial charge in [0.05, 0.1) is 0 Å². The number of urea groups is 1. The van der Waals surface area contributed by atoms with E-state index in [9.17, 15) is 14.7 Å². The molecule has 5 nitrogen and oxygen atoms in total. The highest BCUT2D eigenvalue weighted by molar-refractivity contribution is 5.83. The summed E-state index contributed by atoms with van der Waals surface area (Å²) in [6, 6.07) is -0.606. The van der Waals surface area contributed by atoms with Crippen LogP contribution in [0.2, 0.25) is 0 Å². The first kappa shape index (κ1) is 15.8. The summed E-state index contributed by atoms with van der Waals surface area (Å²) in [5.74, 6) is -1.03. The van der Waals surface area contributed by atoms with Crippen LogP contribution in [0, 0.1) is 5.92 Å². The third-order valence-electron chi connectivity index (χ3n) is 4.25. The number of likely N-dealkylation sites (tertiary alicyclic amines) is 1. The number of amides is 2. The normalized spacial score (nSPS) is 26.0. The lowest BCUT2D eigenvalue weighted by Gasteiger charge is -2.30. The van der Waals surface area contributed by atoms with Crippen molar-refractivity contribution in [1.29, 1.82) is 0 Å². The number of aliphatic carboxylic acids is 1. The summed E-state index contributed by atoms with van der Waals surface area (Å²) in [5.41, 5.74) is 0. The summed E-state index contributed by atoms with van der Waals surface area (Å²) < 4.78 is 0. The molecule has 1 aliphatic rings. The number of rotatable bonds is 5. The van der Waals surface area contributed by atoms with Crippen LogP contribution in [0.3, 0.4) is 0 Å². The summed E-state index contributed by atoms with van der Waals surface area (Å²) in [6.45, 7) is 7.87. The molecule has 1 saturated heterocycles. The molecule has 0 aromatic rings. The second kappa shape index (κ2) is 6.78. The zero-order chi connectivity index (χ0) is 14.6. The molecule has 0 radical (unpaired) electrons. The smallest absolute Gasteiger partial charge is 0.326 e. The molecule has 0 spiro atoms. The van der Waals surface area contributed by atoms with Gasteiger partial charge in [-0.15, -0.1) is 0 Å². The number of carboxylic acid groups (broad SMARTS) is 1. The molecule has 1 aliphatic heterocycles. The number of carbonyl (C=O) groups is 2. The molecule has 2 unspecified atom stereocenters. The minimum atomic E-state index is -0.956. The van der Waals surface area contributed by atoms with E-state index in [1.807, 2.05) is 25.7 Å². The summed E-state index contributed by atoms with van der Waals surface area (Å²) >= 11 is 0. The lowest BCUT2D eigenvalue weighted by atomic mass is 9.99. The number of hydrogen-bond acceptors (Lipinski definition) is 2. The van der Waals surface area contributed by atoms with Crippen molar-refractivity contribution in [2.75, 3.05) is 0 Å². The molecule has 0 bridgehead atoms. The minimum absolute atomic E-state index is 0.0700. The number of hydrogen-bond donors (Lipinski definition) is 2. The molecule has 2 N–H and O–H groups in total. The van der Waals surface area contributed by atoms with Crippen molar-refractivity contribution < 1.29 is 14.7 Å². The Kier molecular flexibility index (Phi) is 5.63. The average molecular weight is 270 g/mol. The van der Waals surface area contributed by atoms with Gasteiger partial charge in [-0.2, -0.15) is 0 Å². The lowest BCUT2D eigenvalue weighted by molar-refractivity contribution is -0.140. The van der Waals surface area contributed by atoms with E-state index < -0.39 is 12.0 Å². The highest BCUT2D eigenvalue weighted by Crippen LogP contribution is 2.26. The third-order valence-corrected chi connectivity index (χ3v) is 4.25. The molecule has 0 saturated carbocycles. The van der Waals surface area contributed by atoms with Crippen LogP contribution in [0.4, 0.5) is 4.79 Å². The summed E-state index contributed by atoms with van der Waals surface area (Å²) in [5, 5.41) is 11.9. The fourth-order valence-electron chi connectivity index (χ4n) is 2.73. The van der Waals surface area contributed by atoms with Crippen molar-refractivity contribution in [2.45, 2.75) is 71.5 Å². The van der Waals surface area contributed by atoms with Gasteiger partial charge >= 0.3 is 12.0 Å². The van der Waals surface area contributed by atoms with Crippen LogP contribution in [0.25, 0.3) is 0 Å². The zero-order valence-electron chi connectivity index (χ0n) is 12.3. The van der Waals surface area contributed by atoms with Gasteiger partial charge in [-0.25, -0.2) is 9.59 Å². The fourth-order valence-corrected chi connectivity index (χ4v) is 2.73. The van der Waals surface area contributed by atoms with Crippen LogP contribution < -0.4 is 5.32 Å². The maximum atomic E-state index is 12.3. The van der Waals surface area contributed by atoms with Gasteiger partial charge in [-0.3, -0.25) is 0 Å². The van der Waals surface area contributed by atoms with Gasteiger partial charge in [-0.05, 0) is 32.1 Å². The molecule has 19 heavy (non-hydrogen) atoms. The lowest BCUT2D eigenvalue weighted by Crippen LogP contribution is -2.53. The zero-order valence-corrected chi connectivity index (χ0v) is 12.3. The van der Waals surface area contributed by atoms with E-state index in [0.717, 1.165) is 25.7 Å². The Labute approximate surface area is 115 Å². The van der Waals surface area contributed by atoms with E-state index in [1.165, 1.54) is 0 Å². The Morgan fingerprint density at radius 3 is 2.47 bits per heavy atom. The molecule has 4 atom stereocenters. The standard InChI is InChI=1S/C14H26N2O3/c1-5-9(3)12(13(17)18)15-14(19)16-10(4)7-8-11(16)6-2/h9-12H,5-8H2,1-4H3,(H,15,19)(H,17,18)/t9-,10?,11?,12-/m0/s1. The van der Waals surface area contributed by atoms with Crippen molar-refractivity contribution in [2.24, 2.45) is 5.92 Å². The van der Waals surface area contributed by atoms with Crippen LogP contribution in [0.1, 0.15) is 53.4 Å². The average Bonchev–Trinajstić information content (AvgIpc) is 2.75. The minimum Gasteiger partial charge on any atom is -0.480 e. The van der Waals surface area contributed by atoms with Crippen molar-refractivity contribution in [3.8, 4) is 0 Å². The molecule has 1 rings (SSSR count). The largest absolute Gasteiger partial charge is 0.480 e. The Morgan fingerprint density at radius 1 is 1.37 bits per heavy atom. The van der Waals surface area contributed by atoms with Crippen LogP contribution >= 0.6 is 0 Å². The highest BCUT2D eigenvalue weighted by Gasteiger charge is 2.35. The molecule has 0 aromatic heterocycles. The Bertz CT molecular complexity index is 333. The van der Waals surface area contributed by atoms with Gasteiger partial charge in [-0.1, -0.05) is 27.2 Å². The molecule has 0 aromatic carbocycles. The summed E-state index contributed by atoms with van der Waals surface area (Å²) in [4.78, 5) is 25.4. The van der Waals surface area contributed by atoms with Crippen molar-refractivity contribution in [3.63, 3.8) is 0 Å². The van der Waals surface area contributed by atoms with Gasteiger partial charge in [0.1, 0.15) is 6.04 Å². The van der Waals surface area contributed by atoms with Gasteiger partial charge in [0.15, 0.2) is 0 Å². The molecule has 0 aliphatic carbocycles. The van der Waals surface area contributed by atoms with Crippen LogP contribution in [-0.4, -0.2) is 40.1 Å². The Balaban J connectivity index is 2.73. The third kappa shape index (κ3) is 3.61. The number of carboxylic acids is 1. The van der Waals surface area contributed by atoms with E-state index >= 15 is 0 Å². The van der Waals surface area contributed by atoms with E-state index in [1.54, 1.807) is 0 Å². The molecule has 1 fully saturated rings. The molecule has 5 heteroatoms. The molecular formula is C14H26N2O3. The Morgan fingerprint density at radius 2 is 2.00 bits per heavy atom. The summed E-state index contributed by atoms with van der Waals surface area (Å²) in [7, 11) is 0. The molecule has 1 heterocycles. The van der Waals surface area contributed by atoms with Gasteiger partial charge in [0.2, 0.25) is 0 Å². The topological polar surface area (TPSA) is 69.6 Å². The highest BCUT2D eigenvalue weighted by atomic mass is 16.4. The van der Waals surface area contributed by atoms with Crippen molar-refractivity contribution in [1.82, 2.24) is 10.2 Å². The Hall–Kier alpha value is -1.26. The van der Waals surface area contributed by atoms with E-state index in [0.29, 0.717) is 0 Å². The maximum Gasteiger partial charge on any atom is 0.326 e. The maximum absolute atomic E-state index is 12.3. The first-order valence-corrected chi connectivity index (χ1v) is 7.23. The SMILES string of the molecule is CCC1CCC(C)N1C(=O)N[C@H](C(=O)O)[C@@H](C)CC. The van der Waals surface area contributed by atoms with E-state index in [2.05, 4.69) is 12.2 Å². The first-order chi connectivity index (χ1) is 8.92. The van der Waals surface area contributed by atoms with Crippen LogP contribution in [0.15, 0.2) is 0 Å². The summed E-state index contributed by atoms with van der Waals surface area (Å²) in [6.07, 6.45) is 3.64. The van der Waals surface area contributed by atoms with Crippen LogP contribution in [-0.2, 0) is 4.79 Å². The second-order valence-electron chi connectivity index (χ2n) is 5.55. The van der Waals surface area contributed by atoms with Crippen molar-refractivity contribution in [3.05, 3.63) is 0 Å². The van der Waals surface area contributed by atoms with E-state index in [-0.39, 0.29) is 24.0 Å². The second-order valence-corrected chi connectivity index (χ2v) is 5.55. The number of carbonyl (C=O) groups excluding carboxylic acids is 1. The molecule has 2 amide bonds. The monoisotopic (exact) mass is 270 g/mol. The first-order valence-electron chi connectivity index (χ1n) is 7.23.